The molecule has 0 saturated heterocycles. The molecule has 1 aromatic carbocycles. The summed E-state index contributed by atoms with van der Waals surface area (Å²) in [4.78, 5) is 0. The van der Waals surface area contributed by atoms with Gasteiger partial charge in [-0.1, -0.05) is 31.4 Å². The van der Waals surface area contributed by atoms with E-state index in [9.17, 15) is 0 Å². The molecule has 0 bridgehead atoms. The van der Waals surface area contributed by atoms with Crippen LogP contribution in [0.25, 0.3) is 5.69 Å². The van der Waals surface area contributed by atoms with Crippen molar-refractivity contribution in [1.82, 2.24) is 20.2 Å². The van der Waals surface area contributed by atoms with E-state index in [0.29, 0.717) is 5.02 Å². The molecule has 0 aliphatic heterocycles. The third-order valence-electron chi connectivity index (χ3n) is 2.66. The Morgan fingerprint density at radius 2 is 2.22 bits per heavy atom. The maximum atomic E-state index is 6.15. The fourth-order valence-electron chi connectivity index (χ4n) is 1.67. The van der Waals surface area contributed by atoms with E-state index >= 15 is 0 Å². The van der Waals surface area contributed by atoms with Gasteiger partial charge >= 0.3 is 0 Å². The van der Waals surface area contributed by atoms with Gasteiger partial charge in [0.1, 0.15) is 6.33 Å². The van der Waals surface area contributed by atoms with E-state index in [4.69, 9.17) is 11.6 Å². The van der Waals surface area contributed by atoms with Gasteiger partial charge in [-0.25, -0.2) is 4.68 Å². The lowest BCUT2D eigenvalue weighted by Gasteiger charge is -2.09. The Hall–Kier alpha value is -1.62. The van der Waals surface area contributed by atoms with Crippen LogP contribution in [0.2, 0.25) is 5.02 Å². The van der Waals surface area contributed by atoms with Gasteiger partial charge in [-0.2, -0.15) is 0 Å². The first-order valence-electron chi connectivity index (χ1n) is 6.08. The highest BCUT2D eigenvalue weighted by atomic mass is 35.5. The van der Waals surface area contributed by atoms with Crippen LogP contribution in [0.4, 0.5) is 5.69 Å². The summed E-state index contributed by atoms with van der Waals surface area (Å²) in [6.45, 7) is 3.11. The van der Waals surface area contributed by atoms with Crippen molar-refractivity contribution in [2.75, 3.05) is 11.9 Å². The molecule has 0 amide bonds. The highest BCUT2D eigenvalue weighted by molar-refractivity contribution is 6.33. The Bertz CT molecular complexity index is 483. The molecule has 1 aromatic heterocycles. The molecule has 0 aliphatic carbocycles. The van der Waals surface area contributed by atoms with Crippen LogP contribution in [-0.2, 0) is 0 Å². The van der Waals surface area contributed by atoms with E-state index in [1.165, 1.54) is 12.8 Å². The third-order valence-corrected chi connectivity index (χ3v) is 2.99. The lowest BCUT2D eigenvalue weighted by Crippen LogP contribution is -2.03. The molecule has 18 heavy (non-hydrogen) atoms. The molecule has 0 atom stereocenters. The van der Waals surface area contributed by atoms with Gasteiger partial charge in [-0.05, 0) is 35.0 Å². The second-order valence-corrected chi connectivity index (χ2v) is 4.46. The van der Waals surface area contributed by atoms with Crippen LogP contribution in [0.1, 0.15) is 26.2 Å². The van der Waals surface area contributed by atoms with E-state index in [-0.39, 0.29) is 0 Å². The van der Waals surface area contributed by atoms with Gasteiger partial charge in [0, 0.05) is 6.54 Å². The van der Waals surface area contributed by atoms with Crippen LogP contribution in [0.15, 0.2) is 24.5 Å². The molecule has 1 heterocycles. The smallest absolute Gasteiger partial charge is 0.143 e. The SMILES string of the molecule is CCCCCNc1cc(-n2cnnn2)ccc1Cl. The number of halogens is 1. The highest BCUT2D eigenvalue weighted by Crippen LogP contribution is 2.24. The highest BCUT2D eigenvalue weighted by Gasteiger charge is 2.04. The Morgan fingerprint density at radius 1 is 1.33 bits per heavy atom. The summed E-state index contributed by atoms with van der Waals surface area (Å²) >= 11 is 6.15. The summed E-state index contributed by atoms with van der Waals surface area (Å²) in [5.74, 6) is 0. The van der Waals surface area contributed by atoms with Crippen molar-refractivity contribution in [2.24, 2.45) is 0 Å². The van der Waals surface area contributed by atoms with Gasteiger partial charge in [0.05, 0.1) is 16.4 Å². The lowest BCUT2D eigenvalue weighted by atomic mass is 10.2. The van der Waals surface area contributed by atoms with E-state index in [1.807, 2.05) is 18.2 Å². The summed E-state index contributed by atoms with van der Waals surface area (Å²) in [7, 11) is 0. The van der Waals surface area contributed by atoms with Gasteiger partial charge in [-0.3, -0.25) is 0 Å². The predicted octanol–water partition coefficient (Wildman–Crippen LogP) is 2.92. The number of benzene rings is 1. The summed E-state index contributed by atoms with van der Waals surface area (Å²) in [6, 6.07) is 5.68. The van der Waals surface area contributed by atoms with Crippen molar-refractivity contribution in [2.45, 2.75) is 26.2 Å². The number of anilines is 1. The van der Waals surface area contributed by atoms with Crippen LogP contribution in [0.5, 0.6) is 0 Å². The number of tetrazole rings is 1. The zero-order valence-corrected chi connectivity index (χ0v) is 11.1. The van der Waals surface area contributed by atoms with Crippen LogP contribution in [0.3, 0.4) is 0 Å². The molecule has 6 heteroatoms. The topological polar surface area (TPSA) is 55.6 Å². The summed E-state index contributed by atoms with van der Waals surface area (Å²) in [5, 5.41) is 15.1. The van der Waals surface area contributed by atoms with E-state index < -0.39 is 0 Å². The third kappa shape index (κ3) is 3.20. The molecule has 5 nitrogen and oxygen atoms in total. The minimum atomic E-state index is 0.711. The molecule has 0 saturated carbocycles. The molecule has 0 spiro atoms. The van der Waals surface area contributed by atoms with Gasteiger partial charge in [0.2, 0.25) is 0 Å². The van der Waals surface area contributed by atoms with Crippen molar-refractivity contribution in [3.05, 3.63) is 29.5 Å². The summed E-state index contributed by atoms with van der Waals surface area (Å²) < 4.78 is 1.60. The van der Waals surface area contributed by atoms with Crippen LogP contribution in [-0.4, -0.2) is 26.8 Å². The number of hydrogen-bond donors (Lipinski definition) is 1. The van der Waals surface area contributed by atoms with Gasteiger partial charge in [0.15, 0.2) is 0 Å². The number of hydrogen-bond acceptors (Lipinski definition) is 4. The van der Waals surface area contributed by atoms with Gasteiger partial charge in [-0.15, -0.1) is 5.10 Å². The fraction of sp³-hybridized carbons (Fsp3) is 0.417. The van der Waals surface area contributed by atoms with Crippen molar-refractivity contribution in [1.29, 1.82) is 0 Å². The standard InChI is InChI=1S/C12H16ClN5/c1-2-3-4-7-14-12-8-10(5-6-11(12)13)18-9-15-16-17-18/h5-6,8-9,14H,2-4,7H2,1H3. The largest absolute Gasteiger partial charge is 0.384 e. The normalized spacial score (nSPS) is 10.6. The van der Waals surface area contributed by atoms with E-state index in [2.05, 4.69) is 27.8 Å². The molecule has 1 N–H and O–H groups in total. The van der Waals surface area contributed by atoms with Gasteiger partial charge < -0.3 is 5.32 Å². The van der Waals surface area contributed by atoms with Crippen molar-refractivity contribution < 1.29 is 0 Å². The van der Waals surface area contributed by atoms with Crippen LogP contribution >= 0.6 is 11.6 Å². The molecular formula is C12H16ClN5. The van der Waals surface area contributed by atoms with Crippen molar-refractivity contribution in [3.63, 3.8) is 0 Å². The maximum absolute atomic E-state index is 6.15. The zero-order chi connectivity index (χ0) is 12.8. The van der Waals surface area contributed by atoms with Crippen molar-refractivity contribution >= 4 is 17.3 Å². The Kier molecular flexibility index (Phi) is 4.52. The second kappa shape index (κ2) is 6.35. The molecule has 0 fully saturated rings. The number of rotatable bonds is 6. The second-order valence-electron chi connectivity index (χ2n) is 4.05. The van der Waals surface area contributed by atoms with Crippen LogP contribution in [0, 0.1) is 0 Å². The first-order valence-corrected chi connectivity index (χ1v) is 6.46. The Balaban J connectivity index is 2.07. The molecular weight excluding hydrogens is 250 g/mol. The lowest BCUT2D eigenvalue weighted by molar-refractivity contribution is 0.743. The average molecular weight is 266 g/mol. The fourth-order valence-corrected chi connectivity index (χ4v) is 1.85. The molecule has 0 unspecified atom stereocenters. The number of unbranched alkanes of at least 4 members (excludes halogenated alkanes) is 2. The van der Waals surface area contributed by atoms with Gasteiger partial charge in [0.25, 0.3) is 0 Å². The van der Waals surface area contributed by atoms with E-state index in [1.54, 1.807) is 11.0 Å². The molecule has 0 radical (unpaired) electrons. The Labute approximate surface area is 111 Å². The monoisotopic (exact) mass is 265 g/mol. The summed E-state index contributed by atoms with van der Waals surface area (Å²) in [6.07, 6.45) is 5.13. The number of nitrogens with zero attached hydrogens (tertiary/aromatic N) is 4. The zero-order valence-electron chi connectivity index (χ0n) is 10.3. The minimum Gasteiger partial charge on any atom is -0.384 e. The minimum absolute atomic E-state index is 0.711. The van der Waals surface area contributed by atoms with Crippen molar-refractivity contribution in [3.8, 4) is 5.69 Å². The number of nitrogens with one attached hydrogen (secondary N) is 1. The predicted molar refractivity (Wildman–Crippen MR) is 72.2 cm³/mol. The first-order chi connectivity index (χ1) is 8.81. The quantitative estimate of drug-likeness (QED) is 0.816. The van der Waals surface area contributed by atoms with E-state index in [0.717, 1.165) is 24.3 Å². The molecule has 0 aliphatic rings. The molecule has 96 valence electrons. The Morgan fingerprint density at radius 3 is 2.94 bits per heavy atom. The first kappa shape index (κ1) is 12.8. The maximum Gasteiger partial charge on any atom is 0.143 e. The molecule has 2 aromatic rings. The average Bonchev–Trinajstić information content (AvgIpc) is 2.90. The number of aromatic nitrogens is 4. The summed E-state index contributed by atoms with van der Waals surface area (Å²) in [5.41, 5.74) is 1.81. The molecule has 2 rings (SSSR count). The van der Waals surface area contributed by atoms with Crippen LogP contribution < -0.4 is 5.32 Å².